The van der Waals surface area contributed by atoms with E-state index >= 15 is 0 Å². The predicted molar refractivity (Wildman–Crippen MR) is 27.5 cm³/mol. The van der Waals surface area contributed by atoms with E-state index in [1.165, 1.54) is 0 Å². The molecule has 0 saturated carbocycles. The fraction of sp³-hybridized carbons (Fsp3) is 1.00. The summed E-state index contributed by atoms with van der Waals surface area (Å²) >= 11 is -0.330. The van der Waals surface area contributed by atoms with Crippen LogP contribution >= 0.6 is 0 Å². The molecule has 0 bridgehead atoms. The fourth-order valence-electron chi connectivity index (χ4n) is 0.418. The van der Waals surface area contributed by atoms with Crippen molar-refractivity contribution >= 4 is 0 Å². The van der Waals surface area contributed by atoms with Crippen LogP contribution in [0.15, 0.2) is 0 Å². The molecule has 0 fully saturated rings. The summed E-state index contributed by atoms with van der Waals surface area (Å²) in [6.45, 7) is 0.764. The Morgan fingerprint density at radius 1 is 1.71 bits per heavy atom. The van der Waals surface area contributed by atoms with Gasteiger partial charge in [-0.2, -0.15) is 0 Å². The van der Waals surface area contributed by atoms with Gasteiger partial charge in [-0.1, -0.05) is 0 Å². The third kappa shape index (κ3) is 4.40. The summed E-state index contributed by atoms with van der Waals surface area (Å²) in [5, 5.41) is 0. The standard InChI is InChI=1S/C3H9N2.CH3.Zn/c4-2-1-3-5;;/h2H,1,3-5H2;1H3;. The molecule has 0 aliphatic rings. The van der Waals surface area contributed by atoms with Crippen molar-refractivity contribution in [2.45, 2.75) is 16.6 Å². The summed E-state index contributed by atoms with van der Waals surface area (Å²) < 4.78 is 0.512. The van der Waals surface area contributed by atoms with Crippen molar-refractivity contribution < 1.29 is 17.1 Å². The molecule has 0 aliphatic heterocycles. The van der Waals surface area contributed by atoms with Crippen molar-refractivity contribution in [2.75, 3.05) is 6.54 Å². The topological polar surface area (TPSA) is 52.0 Å². The van der Waals surface area contributed by atoms with Gasteiger partial charge in [-0.25, -0.2) is 0 Å². The monoisotopic (exact) mass is 152 g/mol. The average Bonchev–Trinajstić information content (AvgIpc) is 1.68. The summed E-state index contributed by atoms with van der Waals surface area (Å²) in [5.74, 6) is 0. The van der Waals surface area contributed by atoms with E-state index in [9.17, 15) is 0 Å². The van der Waals surface area contributed by atoms with Crippen molar-refractivity contribution in [1.29, 1.82) is 0 Å². The van der Waals surface area contributed by atoms with Crippen LogP contribution in [0, 0.1) is 0 Å². The van der Waals surface area contributed by atoms with Crippen LogP contribution in [0.1, 0.15) is 6.42 Å². The fourth-order valence-corrected chi connectivity index (χ4v) is 1.77. The number of hydrogen-bond acceptors (Lipinski definition) is 2. The van der Waals surface area contributed by atoms with E-state index in [1.807, 2.05) is 0 Å². The zero-order valence-electron chi connectivity index (χ0n) is 4.85. The number of nitrogens with two attached hydrogens (primary N) is 2. The first-order valence-electron chi connectivity index (χ1n) is 2.77. The second-order valence-corrected chi connectivity index (χ2v) is 5.66. The normalized spacial score (nSPS) is 13.0. The van der Waals surface area contributed by atoms with Crippen LogP contribution in [-0.2, 0) is 17.1 Å². The Morgan fingerprint density at radius 3 is 2.43 bits per heavy atom. The molecule has 0 heterocycles. The van der Waals surface area contributed by atoms with Crippen LogP contribution in [-0.4, -0.2) is 11.2 Å². The molecule has 3 heteroatoms. The molecule has 1 unspecified atom stereocenters. The molecule has 0 radical (unpaired) electrons. The van der Waals surface area contributed by atoms with E-state index in [0.717, 1.165) is 13.0 Å². The van der Waals surface area contributed by atoms with Crippen molar-refractivity contribution in [3.8, 4) is 0 Å². The molecule has 0 aromatic rings. The van der Waals surface area contributed by atoms with Gasteiger partial charge in [-0.15, -0.1) is 0 Å². The molecule has 4 N–H and O–H groups in total. The Labute approximate surface area is 52.2 Å². The van der Waals surface area contributed by atoms with Gasteiger partial charge in [0.05, 0.1) is 0 Å². The van der Waals surface area contributed by atoms with Gasteiger partial charge >= 0.3 is 51.7 Å². The van der Waals surface area contributed by atoms with Crippen molar-refractivity contribution in [1.82, 2.24) is 0 Å². The van der Waals surface area contributed by atoms with Crippen LogP contribution in [0.4, 0.5) is 0 Å². The third-order valence-electron chi connectivity index (χ3n) is 1.06. The number of rotatable bonds is 3. The van der Waals surface area contributed by atoms with Gasteiger partial charge in [0, 0.05) is 0 Å². The SMILES string of the molecule is [CH3][Zn][CH](N)CCN. The van der Waals surface area contributed by atoms with Crippen molar-refractivity contribution in [3.05, 3.63) is 0 Å². The van der Waals surface area contributed by atoms with Crippen molar-refractivity contribution in [2.24, 2.45) is 11.5 Å². The Balaban J connectivity index is 2.83. The molecule has 0 amide bonds. The van der Waals surface area contributed by atoms with Gasteiger partial charge < -0.3 is 0 Å². The van der Waals surface area contributed by atoms with Gasteiger partial charge in [0.1, 0.15) is 0 Å². The van der Waals surface area contributed by atoms with Gasteiger partial charge in [-0.3, -0.25) is 0 Å². The number of hydrogen-bond donors (Lipinski definition) is 2. The van der Waals surface area contributed by atoms with Crippen LogP contribution in [0.5, 0.6) is 0 Å². The maximum atomic E-state index is 5.59. The maximum absolute atomic E-state index is 5.59. The Kier molecular flexibility index (Phi) is 5.06. The molecular formula is C4H12N2Zn. The van der Waals surface area contributed by atoms with E-state index in [1.54, 1.807) is 0 Å². The minimum absolute atomic E-state index is 0.330. The summed E-state index contributed by atoms with van der Waals surface area (Å²) in [5.41, 5.74) is 13.1. The minimum atomic E-state index is -0.330. The van der Waals surface area contributed by atoms with Gasteiger partial charge in [0.15, 0.2) is 0 Å². The van der Waals surface area contributed by atoms with E-state index in [4.69, 9.17) is 11.5 Å². The van der Waals surface area contributed by atoms with Gasteiger partial charge in [-0.05, 0) is 0 Å². The summed E-state index contributed by atoms with van der Waals surface area (Å²) in [7, 11) is 0. The third-order valence-corrected chi connectivity index (χ3v) is 4.12. The second kappa shape index (κ2) is 4.70. The van der Waals surface area contributed by atoms with Gasteiger partial charge in [0.2, 0.25) is 0 Å². The van der Waals surface area contributed by atoms with Crippen LogP contribution in [0.3, 0.4) is 0 Å². The van der Waals surface area contributed by atoms with Crippen LogP contribution in [0.2, 0.25) is 5.52 Å². The Morgan fingerprint density at radius 2 is 2.29 bits per heavy atom. The molecule has 0 rings (SSSR count). The van der Waals surface area contributed by atoms with Crippen LogP contribution < -0.4 is 11.5 Å². The average molecular weight is 154 g/mol. The van der Waals surface area contributed by atoms with Crippen LogP contribution in [0.25, 0.3) is 0 Å². The summed E-state index contributed by atoms with van der Waals surface area (Å²) in [6.07, 6.45) is 1.04. The molecule has 0 aliphatic carbocycles. The van der Waals surface area contributed by atoms with Gasteiger partial charge in [0.25, 0.3) is 0 Å². The van der Waals surface area contributed by atoms with E-state index in [2.05, 4.69) is 5.52 Å². The predicted octanol–water partition coefficient (Wildman–Crippen LogP) is -0.249. The zero-order valence-corrected chi connectivity index (χ0v) is 7.82. The molecule has 1 atom stereocenters. The Bertz CT molecular complexity index is 40.7. The molecular weight excluding hydrogens is 141 g/mol. The van der Waals surface area contributed by atoms with Crippen molar-refractivity contribution in [3.63, 3.8) is 0 Å². The first-order valence-corrected chi connectivity index (χ1v) is 7.45. The molecule has 2 nitrogen and oxygen atoms in total. The van der Waals surface area contributed by atoms with E-state index < -0.39 is 0 Å². The molecule has 0 aromatic heterocycles. The zero-order chi connectivity index (χ0) is 5.70. The quantitative estimate of drug-likeness (QED) is 0.550. The summed E-state index contributed by atoms with van der Waals surface area (Å²) in [4.78, 5) is 0. The Hall–Kier alpha value is 0.543. The molecule has 40 valence electrons. The molecule has 0 aromatic carbocycles. The molecule has 0 spiro atoms. The molecule has 0 saturated heterocycles. The van der Waals surface area contributed by atoms with E-state index in [0.29, 0.717) is 4.64 Å². The summed E-state index contributed by atoms with van der Waals surface area (Å²) in [6, 6.07) is 0. The first kappa shape index (κ1) is 7.54. The first-order chi connectivity index (χ1) is 3.31. The molecule has 7 heavy (non-hydrogen) atoms. The van der Waals surface area contributed by atoms with E-state index in [-0.39, 0.29) is 17.1 Å². The second-order valence-electron chi connectivity index (χ2n) is 1.75.